The van der Waals surface area contributed by atoms with Crippen LogP contribution in [0.4, 0.5) is 5.69 Å². The number of sulfonamides is 1. The van der Waals surface area contributed by atoms with E-state index in [1.54, 1.807) is 42.5 Å². The summed E-state index contributed by atoms with van der Waals surface area (Å²) in [6.45, 7) is 3.58. The zero-order valence-electron chi connectivity index (χ0n) is 17.5. The Morgan fingerprint density at radius 2 is 1.58 bits per heavy atom. The van der Waals surface area contributed by atoms with Crippen molar-refractivity contribution in [1.29, 1.82) is 0 Å². The Labute approximate surface area is 188 Å². The second kappa shape index (κ2) is 9.98. The Bertz CT molecular complexity index is 1130. The van der Waals surface area contributed by atoms with Crippen LogP contribution in [-0.2, 0) is 14.8 Å². The molecule has 31 heavy (non-hydrogen) atoms. The van der Waals surface area contributed by atoms with E-state index in [0.29, 0.717) is 6.42 Å². The van der Waals surface area contributed by atoms with Crippen molar-refractivity contribution in [1.82, 2.24) is 5.32 Å². The van der Waals surface area contributed by atoms with Gasteiger partial charge in [0.05, 0.1) is 21.6 Å². The van der Waals surface area contributed by atoms with E-state index in [2.05, 4.69) is 5.32 Å². The molecule has 0 bridgehead atoms. The van der Waals surface area contributed by atoms with Gasteiger partial charge in [0.2, 0.25) is 5.91 Å². The first-order chi connectivity index (χ1) is 14.8. The lowest BCUT2D eigenvalue weighted by atomic mass is 10.0. The molecule has 0 heterocycles. The van der Waals surface area contributed by atoms with E-state index in [9.17, 15) is 13.2 Å². The maximum atomic E-state index is 13.4. The second-order valence-electron chi connectivity index (χ2n) is 7.22. The molecule has 162 valence electrons. The molecule has 3 aromatic rings. The van der Waals surface area contributed by atoms with E-state index in [1.807, 2.05) is 38.1 Å². The molecular formula is C24H25ClN2O3S. The van der Waals surface area contributed by atoms with Gasteiger partial charge in [-0.2, -0.15) is 0 Å². The van der Waals surface area contributed by atoms with Gasteiger partial charge < -0.3 is 5.32 Å². The summed E-state index contributed by atoms with van der Waals surface area (Å²) in [5.74, 6) is -0.410. The first-order valence-electron chi connectivity index (χ1n) is 10.0. The average Bonchev–Trinajstić information content (AvgIpc) is 2.77. The number of nitrogens with one attached hydrogen (secondary N) is 1. The minimum atomic E-state index is -4.00. The van der Waals surface area contributed by atoms with Crippen molar-refractivity contribution in [2.45, 2.75) is 31.2 Å². The van der Waals surface area contributed by atoms with E-state index < -0.39 is 15.9 Å². The topological polar surface area (TPSA) is 66.5 Å². The van der Waals surface area contributed by atoms with Gasteiger partial charge in [0.1, 0.15) is 6.54 Å². The summed E-state index contributed by atoms with van der Waals surface area (Å²) in [6, 6.07) is 22.3. The van der Waals surface area contributed by atoms with Gasteiger partial charge in [-0.15, -0.1) is 0 Å². The Morgan fingerprint density at radius 1 is 0.968 bits per heavy atom. The summed E-state index contributed by atoms with van der Waals surface area (Å²) in [5.41, 5.74) is 2.35. The molecule has 0 aromatic heterocycles. The number of rotatable bonds is 8. The van der Waals surface area contributed by atoms with Crippen molar-refractivity contribution in [2.24, 2.45) is 0 Å². The molecule has 3 rings (SSSR count). The summed E-state index contributed by atoms with van der Waals surface area (Å²) in [7, 11) is -4.00. The fourth-order valence-electron chi connectivity index (χ4n) is 3.26. The summed E-state index contributed by atoms with van der Waals surface area (Å²) in [4.78, 5) is 13.1. The summed E-state index contributed by atoms with van der Waals surface area (Å²) in [5, 5.41) is 3.21. The number of anilines is 1. The molecule has 1 atom stereocenters. The lowest BCUT2D eigenvalue weighted by Gasteiger charge is -2.26. The number of aryl methyl sites for hydroxylation is 1. The van der Waals surface area contributed by atoms with Gasteiger partial charge in [-0.25, -0.2) is 8.42 Å². The Balaban J connectivity index is 1.91. The lowest BCUT2D eigenvalue weighted by Crippen LogP contribution is -2.42. The molecule has 0 spiro atoms. The van der Waals surface area contributed by atoms with Gasteiger partial charge in [0.15, 0.2) is 0 Å². The van der Waals surface area contributed by atoms with Crippen molar-refractivity contribution in [2.75, 3.05) is 10.8 Å². The molecule has 5 nitrogen and oxygen atoms in total. The highest BCUT2D eigenvalue weighted by atomic mass is 35.5. The molecule has 3 aromatic carbocycles. The molecule has 0 saturated heterocycles. The molecule has 1 unspecified atom stereocenters. The number of carbonyl (C=O) groups is 1. The normalized spacial score (nSPS) is 12.2. The van der Waals surface area contributed by atoms with E-state index in [-0.39, 0.29) is 28.2 Å². The van der Waals surface area contributed by atoms with E-state index >= 15 is 0 Å². The fraction of sp³-hybridized carbons (Fsp3) is 0.208. The fourth-order valence-corrected chi connectivity index (χ4v) is 5.01. The Kier molecular flexibility index (Phi) is 7.36. The number of hydrogen-bond acceptors (Lipinski definition) is 3. The molecule has 0 radical (unpaired) electrons. The van der Waals surface area contributed by atoms with Crippen molar-refractivity contribution in [3.63, 3.8) is 0 Å². The quantitative estimate of drug-likeness (QED) is 0.512. The summed E-state index contributed by atoms with van der Waals surface area (Å²) >= 11 is 6.30. The number of halogens is 1. The zero-order valence-corrected chi connectivity index (χ0v) is 19.0. The van der Waals surface area contributed by atoms with Crippen LogP contribution >= 0.6 is 11.6 Å². The number of carbonyl (C=O) groups excluding carboxylic acids is 1. The molecule has 7 heteroatoms. The van der Waals surface area contributed by atoms with E-state index in [0.717, 1.165) is 15.4 Å². The third-order valence-electron chi connectivity index (χ3n) is 4.96. The van der Waals surface area contributed by atoms with E-state index in [4.69, 9.17) is 11.6 Å². The predicted molar refractivity (Wildman–Crippen MR) is 125 cm³/mol. The summed E-state index contributed by atoms with van der Waals surface area (Å²) in [6.07, 6.45) is 0.673. The largest absolute Gasteiger partial charge is 0.348 e. The van der Waals surface area contributed by atoms with Crippen LogP contribution in [0.25, 0.3) is 0 Å². The first-order valence-corrected chi connectivity index (χ1v) is 11.8. The first kappa shape index (κ1) is 22.8. The highest BCUT2D eigenvalue weighted by Crippen LogP contribution is 2.30. The minimum Gasteiger partial charge on any atom is -0.348 e. The van der Waals surface area contributed by atoms with Gasteiger partial charge in [0.25, 0.3) is 10.0 Å². The number of hydrogen-bond donors (Lipinski definition) is 1. The van der Waals surface area contributed by atoms with Gasteiger partial charge in [0, 0.05) is 0 Å². The molecule has 0 aliphatic heterocycles. The maximum absolute atomic E-state index is 13.4. The number of amides is 1. The third kappa shape index (κ3) is 5.46. The maximum Gasteiger partial charge on any atom is 0.264 e. The third-order valence-corrected chi connectivity index (χ3v) is 7.06. The summed E-state index contributed by atoms with van der Waals surface area (Å²) < 4.78 is 27.8. The van der Waals surface area contributed by atoms with Gasteiger partial charge in [-0.05, 0) is 43.2 Å². The highest BCUT2D eigenvalue weighted by molar-refractivity contribution is 7.92. The van der Waals surface area contributed by atoms with Gasteiger partial charge >= 0.3 is 0 Å². The molecule has 0 fully saturated rings. The molecule has 1 amide bonds. The minimum absolute atomic E-state index is 0.0910. The van der Waals surface area contributed by atoms with Crippen molar-refractivity contribution < 1.29 is 13.2 Å². The standard InChI is InChI=1S/C24H25ClN2O3S/c1-3-22(19-15-13-18(2)14-16-19)26-24(28)17-27(23-12-8-7-11-21(23)25)31(29,30)20-9-5-4-6-10-20/h4-16,22H,3,17H2,1-2H3,(H,26,28). The van der Waals surface area contributed by atoms with Crippen molar-refractivity contribution in [3.05, 3.63) is 95.0 Å². The van der Waals surface area contributed by atoms with Crippen molar-refractivity contribution >= 4 is 33.2 Å². The van der Waals surface area contributed by atoms with Crippen LogP contribution in [-0.4, -0.2) is 20.9 Å². The van der Waals surface area contributed by atoms with Crippen LogP contribution in [0.15, 0.2) is 83.8 Å². The Morgan fingerprint density at radius 3 is 2.19 bits per heavy atom. The molecular weight excluding hydrogens is 432 g/mol. The zero-order chi connectivity index (χ0) is 22.4. The lowest BCUT2D eigenvalue weighted by molar-refractivity contribution is -0.120. The number of benzene rings is 3. The van der Waals surface area contributed by atoms with E-state index in [1.165, 1.54) is 12.1 Å². The van der Waals surface area contributed by atoms with Crippen LogP contribution in [0.5, 0.6) is 0 Å². The Hall–Kier alpha value is -2.83. The number of para-hydroxylation sites is 1. The average molecular weight is 457 g/mol. The second-order valence-corrected chi connectivity index (χ2v) is 9.48. The molecule has 0 aliphatic rings. The SMILES string of the molecule is CCC(NC(=O)CN(c1ccccc1Cl)S(=O)(=O)c1ccccc1)c1ccc(C)cc1. The van der Waals surface area contributed by atoms with Crippen LogP contribution in [0.1, 0.15) is 30.5 Å². The molecule has 1 N–H and O–H groups in total. The van der Waals surface area contributed by atoms with Crippen LogP contribution < -0.4 is 9.62 Å². The number of nitrogens with zero attached hydrogens (tertiary/aromatic N) is 1. The van der Waals surface area contributed by atoms with Gasteiger partial charge in [-0.3, -0.25) is 9.10 Å². The predicted octanol–water partition coefficient (Wildman–Crippen LogP) is 5.11. The highest BCUT2D eigenvalue weighted by Gasteiger charge is 2.29. The van der Waals surface area contributed by atoms with Crippen LogP contribution in [0.3, 0.4) is 0 Å². The monoisotopic (exact) mass is 456 g/mol. The van der Waals surface area contributed by atoms with Crippen molar-refractivity contribution in [3.8, 4) is 0 Å². The van der Waals surface area contributed by atoms with Gasteiger partial charge in [-0.1, -0.05) is 78.7 Å². The molecule has 0 saturated carbocycles. The van der Waals surface area contributed by atoms with Crippen LogP contribution in [0.2, 0.25) is 5.02 Å². The van der Waals surface area contributed by atoms with Crippen LogP contribution in [0, 0.1) is 6.92 Å². The smallest absolute Gasteiger partial charge is 0.264 e. The molecule has 0 aliphatic carbocycles.